The second-order valence-electron chi connectivity index (χ2n) is 4.85. The summed E-state index contributed by atoms with van der Waals surface area (Å²) in [6.45, 7) is 0. The Labute approximate surface area is 123 Å². The standard InChI is InChI=1S/C17H17N3O/c1-20(12-3-5-13(21-2)6-4-12)17-8-7-16(18)15-11-19-10-9-14(15)17/h3-11H,18H2,1-2H3. The van der Waals surface area contributed by atoms with Gasteiger partial charge in [0.25, 0.3) is 0 Å². The molecule has 3 aromatic rings. The number of benzene rings is 2. The first-order valence-electron chi connectivity index (χ1n) is 6.70. The van der Waals surface area contributed by atoms with Gasteiger partial charge in [-0.15, -0.1) is 0 Å². The van der Waals surface area contributed by atoms with Gasteiger partial charge in [-0.1, -0.05) is 0 Å². The molecule has 0 fully saturated rings. The van der Waals surface area contributed by atoms with Gasteiger partial charge in [0.05, 0.1) is 7.11 Å². The van der Waals surface area contributed by atoms with Crippen LogP contribution < -0.4 is 15.4 Å². The molecule has 0 saturated heterocycles. The molecule has 1 aromatic heterocycles. The molecule has 1 heterocycles. The zero-order valence-electron chi connectivity index (χ0n) is 12.1. The van der Waals surface area contributed by atoms with Crippen molar-refractivity contribution in [3.8, 4) is 5.75 Å². The van der Waals surface area contributed by atoms with Crippen molar-refractivity contribution in [2.24, 2.45) is 0 Å². The molecular weight excluding hydrogens is 262 g/mol. The first kappa shape index (κ1) is 13.2. The largest absolute Gasteiger partial charge is 0.497 e. The van der Waals surface area contributed by atoms with Crippen LogP contribution in [0.2, 0.25) is 0 Å². The van der Waals surface area contributed by atoms with E-state index >= 15 is 0 Å². The molecule has 2 N–H and O–H groups in total. The number of hydrogen-bond donors (Lipinski definition) is 1. The van der Waals surface area contributed by atoms with Gasteiger partial charge in [-0.2, -0.15) is 0 Å². The van der Waals surface area contributed by atoms with Crippen molar-refractivity contribution in [1.82, 2.24) is 4.98 Å². The molecule has 2 aromatic carbocycles. The molecule has 0 unspecified atom stereocenters. The summed E-state index contributed by atoms with van der Waals surface area (Å²) in [5.41, 5.74) is 8.94. The van der Waals surface area contributed by atoms with Gasteiger partial charge in [0, 0.05) is 47.3 Å². The first-order chi connectivity index (χ1) is 10.2. The summed E-state index contributed by atoms with van der Waals surface area (Å²) in [5, 5.41) is 2.05. The summed E-state index contributed by atoms with van der Waals surface area (Å²) in [4.78, 5) is 6.28. The van der Waals surface area contributed by atoms with Gasteiger partial charge >= 0.3 is 0 Å². The third kappa shape index (κ3) is 2.36. The number of fused-ring (bicyclic) bond motifs is 1. The van der Waals surface area contributed by atoms with Crippen molar-refractivity contribution < 1.29 is 4.74 Å². The van der Waals surface area contributed by atoms with Crippen LogP contribution in [0, 0.1) is 0 Å². The van der Waals surface area contributed by atoms with Gasteiger partial charge in [-0.25, -0.2) is 0 Å². The maximum absolute atomic E-state index is 6.03. The zero-order chi connectivity index (χ0) is 14.8. The molecule has 4 heteroatoms. The van der Waals surface area contributed by atoms with Gasteiger partial charge < -0.3 is 15.4 Å². The summed E-state index contributed by atoms with van der Waals surface area (Å²) in [6.07, 6.45) is 3.59. The van der Waals surface area contributed by atoms with Crippen molar-refractivity contribution in [2.45, 2.75) is 0 Å². The van der Waals surface area contributed by atoms with E-state index in [0.29, 0.717) is 0 Å². The topological polar surface area (TPSA) is 51.4 Å². The Morgan fingerprint density at radius 1 is 1.00 bits per heavy atom. The fourth-order valence-electron chi connectivity index (χ4n) is 2.43. The molecule has 106 valence electrons. The highest BCUT2D eigenvalue weighted by Gasteiger charge is 2.10. The van der Waals surface area contributed by atoms with Crippen LogP contribution in [0.3, 0.4) is 0 Å². The van der Waals surface area contributed by atoms with E-state index in [-0.39, 0.29) is 0 Å². The van der Waals surface area contributed by atoms with Crippen LogP contribution in [-0.2, 0) is 0 Å². The highest BCUT2D eigenvalue weighted by atomic mass is 16.5. The SMILES string of the molecule is COc1ccc(N(C)c2ccc(N)c3cnccc23)cc1. The second kappa shape index (κ2) is 5.32. The molecule has 0 amide bonds. The van der Waals surface area contributed by atoms with Gasteiger partial charge in [-0.3, -0.25) is 4.98 Å². The Morgan fingerprint density at radius 2 is 1.76 bits per heavy atom. The van der Waals surface area contributed by atoms with Gasteiger partial charge in [0.2, 0.25) is 0 Å². The molecule has 0 radical (unpaired) electrons. The lowest BCUT2D eigenvalue weighted by Crippen LogP contribution is -2.10. The molecule has 0 bridgehead atoms. The number of rotatable bonds is 3. The quantitative estimate of drug-likeness (QED) is 0.744. The number of ether oxygens (including phenoxy) is 1. The third-order valence-corrected chi connectivity index (χ3v) is 3.65. The Balaban J connectivity index is 2.08. The molecular formula is C17H17N3O. The van der Waals surface area contributed by atoms with Gasteiger partial charge in [0.15, 0.2) is 0 Å². The number of pyridine rings is 1. The number of hydrogen-bond acceptors (Lipinski definition) is 4. The Bertz CT molecular complexity index is 769. The zero-order valence-corrected chi connectivity index (χ0v) is 12.1. The normalized spacial score (nSPS) is 10.6. The summed E-state index contributed by atoms with van der Waals surface area (Å²) < 4.78 is 5.20. The van der Waals surface area contributed by atoms with Crippen molar-refractivity contribution in [3.05, 3.63) is 54.9 Å². The van der Waals surface area contributed by atoms with Crippen LogP contribution in [-0.4, -0.2) is 19.1 Å². The summed E-state index contributed by atoms with van der Waals surface area (Å²) in [5.74, 6) is 0.846. The average Bonchev–Trinajstić information content (AvgIpc) is 2.55. The molecule has 0 aliphatic carbocycles. The Hall–Kier alpha value is -2.75. The van der Waals surface area contributed by atoms with E-state index in [4.69, 9.17) is 10.5 Å². The van der Waals surface area contributed by atoms with Gasteiger partial charge in [-0.05, 0) is 42.5 Å². The molecule has 0 atom stereocenters. The molecule has 21 heavy (non-hydrogen) atoms. The van der Waals surface area contributed by atoms with Crippen LogP contribution in [0.5, 0.6) is 5.75 Å². The highest BCUT2D eigenvalue weighted by molar-refractivity contribution is 6.01. The van der Waals surface area contributed by atoms with E-state index in [1.807, 2.05) is 49.5 Å². The second-order valence-corrected chi connectivity index (χ2v) is 4.85. The van der Waals surface area contributed by atoms with Crippen molar-refractivity contribution >= 4 is 27.8 Å². The molecule has 0 saturated carbocycles. The Morgan fingerprint density at radius 3 is 2.48 bits per heavy atom. The fourth-order valence-corrected chi connectivity index (χ4v) is 2.43. The minimum atomic E-state index is 0.741. The van der Waals surface area contributed by atoms with E-state index in [1.54, 1.807) is 19.5 Å². The third-order valence-electron chi connectivity index (χ3n) is 3.65. The van der Waals surface area contributed by atoms with Crippen molar-refractivity contribution in [1.29, 1.82) is 0 Å². The van der Waals surface area contributed by atoms with Crippen molar-refractivity contribution in [3.63, 3.8) is 0 Å². The van der Waals surface area contributed by atoms with E-state index in [2.05, 4.69) is 9.88 Å². The van der Waals surface area contributed by atoms with Crippen LogP contribution in [0.15, 0.2) is 54.9 Å². The van der Waals surface area contributed by atoms with E-state index in [0.717, 1.165) is 33.6 Å². The average molecular weight is 279 g/mol. The molecule has 3 rings (SSSR count). The summed E-state index contributed by atoms with van der Waals surface area (Å²) in [6, 6.07) is 13.9. The molecule has 0 aliphatic heterocycles. The van der Waals surface area contributed by atoms with Crippen LogP contribution in [0.4, 0.5) is 17.1 Å². The number of aromatic nitrogens is 1. The summed E-state index contributed by atoms with van der Waals surface area (Å²) >= 11 is 0. The van der Waals surface area contributed by atoms with E-state index < -0.39 is 0 Å². The van der Waals surface area contributed by atoms with E-state index in [1.165, 1.54) is 0 Å². The predicted octanol–water partition coefficient (Wildman–Crippen LogP) is 3.59. The number of nitrogen functional groups attached to an aromatic ring is 1. The maximum atomic E-state index is 6.03. The minimum Gasteiger partial charge on any atom is -0.497 e. The lowest BCUT2D eigenvalue weighted by Gasteiger charge is -2.22. The predicted molar refractivity (Wildman–Crippen MR) is 87.2 cm³/mol. The summed E-state index contributed by atoms with van der Waals surface area (Å²) in [7, 11) is 3.70. The minimum absolute atomic E-state index is 0.741. The molecule has 0 aliphatic rings. The number of nitrogens with zero attached hydrogens (tertiary/aromatic N) is 2. The lowest BCUT2D eigenvalue weighted by atomic mass is 10.1. The van der Waals surface area contributed by atoms with Crippen LogP contribution in [0.1, 0.15) is 0 Å². The molecule has 4 nitrogen and oxygen atoms in total. The Kier molecular flexibility index (Phi) is 3.36. The number of nitrogens with two attached hydrogens (primary N) is 1. The van der Waals surface area contributed by atoms with Crippen LogP contribution in [0.25, 0.3) is 10.8 Å². The van der Waals surface area contributed by atoms with Crippen molar-refractivity contribution in [2.75, 3.05) is 24.8 Å². The fraction of sp³-hybridized carbons (Fsp3) is 0.118. The van der Waals surface area contributed by atoms with E-state index in [9.17, 15) is 0 Å². The highest BCUT2D eigenvalue weighted by Crippen LogP contribution is 2.33. The first-order valence-corrected chi connectivity index (χ1v) is 6.70. The lowest BCUT2D eigenvalue weighted by molar-refractivity contribution is 0.415. The number of anilines is 3. The smallest absolute Gasteiger partial charge is 0.119 e. The maximum Gasteiger partial charge on any atom is 0.119 e. The van der Waals surface area contributed by atoms with Gasteiger partial charge in [0.1, 0.15) is 5.75 Å². The monoisotopic (exact) mass is 279 g/mol. The number of methoxy groups -OCH3 is 1. The molecule has 0 spiro atoms. The van der Waals surface area contributed by atoms with Crippen LogP contribution >= 0.6 is 0 Å².